The Hall–Kier alpha value is -1.94. The van der Waals surface area contributed by atoms with Crippen LogP contribution < -0.4 is 0 Å². The van der Waals surface area contributed by atoms with Crippen molar-refractivity contribution >= 4 is 15.7 Å². The van der Waals surface area contributed by atoms with Crippen molar-refractivity contribution in [2.45, 2.75) is 45.4 Å². The number of sulfonamides is 1. The number of rotatable bonds is 1. The molecule has 4 heteroatoms. The molecule has 2 aromatic rings. The van der Waals surface area contributed by atoms with Gasteiger partial charge in [-0.1, -0.05) is 89.1 Å². The van der Waals surface area contributed by atoms with Crippen LogP contribution in [-0.2, 0) is 10.0 Å². The summed E-state index contributed by atoms with van der Waals surface area (Å²) >= 11 is 0. The van der Waals surface area contributed by atoms with Crippen LogP contribution in [0, 0.1) is 0 Å². The van der Waals surface area contributed by atoms with Gasteiger partial charge in [0.25, 0.3) is 10.0 Å². The Morgan fingerprint density at radius 3 is 1.83 bits per heavy atom. The largest absolute Gasteiger partial charge is 0.283 e. The van der Waals surface area contributed by atoms with Crippen molar-refractivity contribution in [1.82, 2.24) is 0 Å². The predicted molar refractivity (Wildman–Crippen MR) is 97.6 cm³/mol. The van der Waals surface area contributed by atoms with Crippen molar-refractivity contribution in [3.05, 3.63) is 65.7 Å². The summed E-state index contributed by atoms with van der Waals surface area (Å²) in [5, 5.41) is 0. The van der Waals surface area contributed by atoms with Crippen molar-refractivity contribution < 1.29 is 8.42 Å². The summed E-state index contributed by atoms with van der Waals surface area (Å²) in [7, 11) is -3.51. The number of benzene rings is 2. The van der Waals surface area contributed by atoms with Gasteiger partial charge in [0.15, 0.2) is 0 Å². The van der Waals surface area contributed by atoms with Gasteiger partial charge in [0, 0.05) is 11.1 Å². The molecule has 0 atom stereocenters. The lowest BCUT2D eigenvalue weighted by atomic mass is 10.0. The van der Waals surface area contributed by atoms with E-state index in [1.54, 1.807) is 18.2 Å². The average molecular weight is 331 g/mol. The lowest BCUT2D eigenvalue weighted by Crippen LogP contribution is -1.99. The van der Waals surface area contributed by atoms with Crippen molar-refractivity contribution in [2.75, 3.05) is 0 Å². The highest BCUT2D eigenvalue weighted by Gasteiger charge is 2.28. The standard InChI is InChI=1S/C13H9NO2S.2C3H8/c15-17(16)12-9-5-4-8-11(12)13(14-17)10-6-2-1-3-7-10;2*1-3-2/h1-9H;2*3H2,1-2H3. The minimum atomic E-state index is -3.51. The molecule has 3 nitrogen and oxygen atoms in total. The van der Waals surface area contributed by atoms with Crippen molar-refractivity contribution in [3.8, 4) is 0 Å². The van der Waals surface area contributed by atoms with Crippen molar-refractivity contribution in [3.63, 3.8) is 0 Å². The monoisotopic (exact) mass is 331 g/mol. The molecule has 0 spiro atoms. The van der Waals surface area contributed by atoms with Crippen LogP contribution in [0.3, 0.4) is 0 Å². The first kappa shape index (κ1) is 19.1. The van der Waals surface area contributed by atoms with E-state index in [1.165, 1.54) is 12.8 Å². The van der Waals surface area contributed by atoms with Crippen LogP contribution in [-0.4, -0.2) is 14.1 Å². The van der Waals surface area contributed by atoms with Gasteiger partial charge in [0.2, 0.25) is 0 Å². The highest BCUT2D eigenvalue weighted by Crippen LogP contribution is 2.28. The summed E-state index contributed by atoms with van der Waals surface area (Å²) in [6.07, 6.45) is 2.50. The Balaban J connectivity index is 0.000000387. The second-order valence-electron chi connectivity index (χ2n) is 5.19. The van der Waals surface area contributed by atoms with Crippen molar-refractivity contribution in [2.24, 2.45) is 4.40 Å². The first-order valence-electron chi connectivity index (χ1n) is 8.01. The number of nitrogens with zero attached hydrogens (tertiary/aromatic N) is 1. The van der Waals surface area contributed by atoms with E-state index in [9.17, 15) is 8.42 Å². The molecular formula is C19H25NO2S. The molecule has 1 aliphatic heterocycles. The Bertz CT molecular complexity index is 733. The molecule has 0 saturated carbocycles. The molecule has 0 aliphatic carbocycles. The molecule has 0 N–H and O–H groups in total. The van der Waals surface area contributed by atoms with Gasteiger partial charge in [-0.05, 0) is 6.07 Å². The van der Waals surface area contributed by atoms with Crippen LogP contribution in [0.5, 0.6) is 0 Å². The summed E-state index contributed by atoms with van der Waals surface area (Å²) in [4.78, 5) is 0.291. The molecule has 2 aromatic carbocycles. The van der Waals surface area contributed by atoms with Gasteiger partial charge < -0.3 is 0 Å². The van der Waals surface area contributed by atoms with Crippen molar-refractivity contribution in [1.29, 1.82) is 0 Å². The quantitative estimate of drug-likeness (QED) is 0.733. The normalized spacial score (nSPS) is 13.7. The topological polar surface area (TPSA) is 46.5 Å². The Kier molecular flexibility index (Phi) is 7.69. The van der Waals surface area contributed by atoms with Crippen LogP contribution in [0.15, 0.2) is 63.9 Å². The van der Waals surface area contributed by atoms with Crippen LogP contribution in [0.4, 0.5) is 0 Å². The fourth-order valence-corrected chi connectivity index (χ4v) is 3.15. The van der Waals surface area contributed by atoms with Gasteiger partial charge in [0.05, 0.1) is 10.6 Å². The van der Waals surface area contributed by atoms with E-state index in [0.717, 1.165) is 5.56 Å². The van der Waals surface area contributed by atoms with Gasteiger partial charge in [-0.2, -0.15) is 12.8 Å². The molecule has 1 aliphatic rings. The molecule has 0 fully saturated rings. The lowest BCUT2D eigenvalue weighted by Gasteiger charge is -2.00. The second-order valence-corrected chi connectivity index (χ2v) is 6.76. The van der Waals surface area contributed by atoms with Crippen LogP contribution in [0.2, 0.25) is 0 Å². The smallest absolute Gasteiger partial charge is 0.199 e. The van der Waals surface area contributed by atoms with E-state index < -0.39 is 10.0 Å². The molecule has 0 saturated heterocycles. The molecule has 1 heterocycles. The van der Waals surface area contributed by atoms with E-state index in [1.807, 2.05) is 36.4 Å². The van der Waals surface area contributed by atoms with E-state index in [0.29, 0.717) is 16.2 Å². The molecular weight excluding hydrogens is 306 g/mol. The molecule has 0 aromatic heterocycles. The summed E-state index contributed by atoms with van der Waals surface area (Å²) in [5.74, 6) is 0. The third-order valence-electron chi connectivity index (χ3n) is 2.68. The lowest BCUT2D eigenvalue weighted by molar-refractivity contribution is 0.599. The van der Waals surface area contributed by atoms with Gasteiger partial charge >= 0.3 is 0 Å². The number of fused-ring (bicyclic) bond motifs is 1. The predicted octanol–water partition coefficient (Wildman–Crippen LogP) is 5.06. The fraction of sp³-hybridized carbons (Fsp3) is 0.316. The minimum absolute atomic E-state index is 0.291. The first-order valence-corrected chi connectivity index (χ1v) is 9.45. The maximum Gasteiger partial charge on any atom is 0.283 e. The van der Waals surface area contributed by atoms with E-state index in [2.05, 4.69) is 32.1 Å². The van der Waals surface area contributed by atoms with Crippen LogP contribution in [0.1, 0.15) is 51.7 Å². The van der Waals surface area contributed by atoms with Gasteiger partial charge in [0.1, 0.15) is 0 Å². The Morgan fingerprint density at radius 2 is 1.26 bits per heavy atom. The zero-order valence-electron chi connectivity index (χ0n) is 14.3. The maximum atomic E-state index is 11.8. The van der Waals surface area contributed by atoms with Gasteiger partial charge in [-0.15, -0.1) is 0 Å². The Labute approximate surface area is 140 Å². The molecule has 124 valence electrons. The summed E-state index contributed by atoms with van der Waals surface area (Å²) in [6.45, 7) is 8.50. The summed E-state index contributed by atoms with van der Waals surface area (Å²) in [6, 6.07) is 16.2. The summed E-state index contributed by atoms with van der Waals surface area (Å²) in [5.41, 5.74) is 2.03. The average Bonchev–Trinajstić information content (AvgIpc) is 2.82. The van der Waals surface area contributed by atoms with E-state index >= 15 is 0 Å². The SMILES string of the molecule is CCC.CCC.O=S1(=O)N=C(c2ccccc2)c2ccccc21. The minimum Gasteiger partial charge on any atom is -0.199 e. The fourth-order valence-electron chi connectivity index (χ4n) is 1.91. The molecule has 3 rings (SSSR count). The zero-order chi connectivity index (χ0) is 17.3. The zero-order valence-corrected chi connectivity index (χ0v) is 15.1. The second kappa shape index (κ2) is 9.26. The molecule has 0 unspecified atom stereocenters. The van der Waals surface area contributed by atoms with Crippen LogP contribution in [0.25, 0.3) is 0 Å². The number of hydrogen-bond donors (Lipinski definition) is 0. The highest BCUT2D eigenvalue weighted by molar-refractivity contribution is 7.90. The van der Waals surface area contributed by atoms with Gasteiger partial charge in [-0.25, -0.2) is 0 Å². The van der Waals surface area contributed by atoms with Crippen LogP contribution >= 0.6 is 0 Å². The highest BCUT2D eigenvalue weighted by atomic mass is 32.2. The maximum absolute atomic E-state index is 11.8. The van der Waals surface area contributed by atoms with E-state index in [4.69, 9.17) is 0 Å². The Morgan fingerprint density at radius 1 is 0.783 bits per heavy atom. The third kappa shape index (κ3) is 5.03. The van der Waals surface area contributed by atoms with Gasteiger partial charge in [-0.3, -0.25) is 0 Å². The molecule has 0 amide bonds. The first-order chi connectivity index (χ1) is 11.0. The molecule has 0 radical (unpaired) electrons. The third-order valence-corrected chi connectivity index (χ3v) is 4.01. The summed E-state index contributed by atoms with van der Waals surface area (Å²) < 4.78 is 27.5. The number of hydrogen-bond acceptors (Lipinski definition) is 2. The molecule has 0 bridgehead atoms. The molecule has 23 heavy (non-hydrogen) atoms. The van der Waals surface area contributed by atoms with E-state index in [-0.39, 0.29) is 0 Å².